The van der Waals surface area contributed by atoms with Crippen LogP contribution in [-0.4, -0.2) is 47.0 Å². The number of amides is 1. The van der Waals surface area contributed by atoms with Crippen molar-refractivity contribution in [2.45, 2.75) is 25.8 Å². The third-order valence-corrected chi connectivity index (χ3v) is 5.08. The van der Waals surface area contributed by atoms with Crippen molar-refractivity contribution >= 4 is 5.91 Å². The van der Waals surface area contributed by atoms with Crippen LogP contribution in [0.15, 0.2) is 40.9 Å². The first-order valence-electron chi connectivity index (χ1n) is 8.69. The summed E-state index contributed by atoms with van der Waals surface area (Å²) in [5.41, 5.74) is 2.22. The number of aryl methyl sites for hydroxylation is 1. The first kappa shape index (κ1) is 15.4. The molecule has 5 nitrogen and oxygen atoms in total. The van der Waals surface area contributed by atoms with E-state index in [4.69, 9.17) is 4.52 Å². The SMILES string of the molecule is Cc1cc(CN2CCN(C(=O)[C@@H]3C[C@H]3c3ccccc3)CC2)on1. The Kier molecular flexibility index (Phi) is 4.10. The van der Waals surface area contributed by atoms with Crippen LogP contribution in [0.25, 0.3) is 0 Å². The van der Waals surface area contributed by atoms with Crippen LogP contribution in [0.1, 0.15) is 29.4 Å². The van der Waals surface area contributed by atoms with Gasteiger partial charge in [0.2, 0.25) is 5.91 Å². The van der Waals surface area contributed by atoms with E-state index in [1.165, 1.54) is 5.56 Å². The topological polar surface area (TPSA) is 49.6 Å². The molecular formula is C19H23N3O2. The fourth-order valence-corrected chi connectivity index (χ4v) is 3.61. The molecule has 1 amide bonds. The van der Waals surface area contributed by atoms with E-state index in [0.29, 0.717) is 11.8 Å². The highest BCUT2D eigenvalue weighted by Crippen LogP contribution is 2.48. The van der Waals surface area contributed by atoms with Gasteiger partial charge >= 0.3 is 0 Å². The van der Waals surface area contributed by atoms with E-state index in [9.17, 15) is 4.79 Å². The number of benzene rings is 1. The molecule has 0 radical (unpaired) electrons. The fourth-order valence-electron chi connectivity index (χ4n) is 3.61. The molecule has 1 saturated carbocycles. The number of hydrogen-bond acceptors (Lipinski definition) is 4. The molecule has 1 aliphatic heterocycles. The minimum absolute atomic E-state index is 0.191. The highest BCUT2D eigenvalue weighted by molar-refractivity contribution is 5.83. The van der Waals surface area contributed by atoms with Crippen molar-refractivity contribution in [3.63, 3.8) is 0 Å². The number of nitrogens with zero attached hydrogens (tertiary/aromatic N) is 3. The molecule has 1 aromatic carbocycles. The Hall–Kier alpha value is -2.14. The lowest BCUT2D eigenvalue weighted by molar-refractivity contribution is -0.134. The lowest BCUT2D eigenvalue weighted by Crippen LogP contribution is -2.48. The van der Waals surface area contributed by atoms with Gasteiger partial charge in [-0.25, -0.2) is 0 Å². The Labute approximate surface area is 142 Å². The van der Waals surface area contributed by atoms with Gasteiger partial charge in [-0.1, -0.05) is 35.5 Å². The van der Waals surface area contributed by atoms with Crippen LogP contribution >= 0.6 is 0 Å². The maximum atomic E-state index is 12.7. The summed E-state index contributed by atoms with van der Waals surface area (Å²) in [5, 5.41) is 3.93. The Morgan fingerprint density at radius 1 is 1.21 bits per heavy atom. The molecule has 2 aliphatic rings. The Bertz CT molecular complexity index is 704. The normalized spacial score (nSPS) is 24.1. The summed E-state index contributed by atoms with van der Waals surface area (Å²) in [5.74, 6) is 1.85. The average molecular weight is 325 g/mol. The second-order valence-corrected chi connectivity index (χ2v) is 6.90. The summed E-state index contributed by atoms with van der Waals surface area (Å²) in [4.78, 5) is 17.1. The Balaban J connectivity index is 1.28. The molecule has 1 aromatic heterocycles. The quantitative estimate of drug-likeness (QED) is 0.866. The molecule has 5 heteroatoms. The number of rotatable bonds is 4. The van der Waals surface area contributed by atoms with E-state index in [1.807, 2.05) is 24.0 Å². The van der Waals surface area contributed by atoms with Crippen molar-refractivity contribution in [2.75, 3.05) is 26.2 Å². The smallest absolute Gasteiger partial charge is 0.226 e. The van der Waals surface area contributed by atoms with E-state index in [2.05, 4.69) is 34.3 Å². The van der Waals surface area contributed by atoms with Crippen LogP contribution in [0.3, 0.4) is 0 Å². The highest BCUT2D eigenvalue weighted by Gasteiger charge is 2.45. The number of carbonyl (C=O) groups excluding carboxylic acids is 1. The van der Waals surface area contributed by atoms with Crippen molar-refractivity contribution < 1.29 is 9.32 Å². The van der Waals surface area contributed by atoms with Gasteiger partial charge in [0, 0.05) is 38.2 Å². The zero-order chi connectivity index (χ0) is 16.5. The van der Waals surface area contributed by atoms with Crippen LogP contribution in [0, 0.1) is 12.8 Å². The summed E-state index contributed by atoms with van der Waals surface area (Å²) in [6.45, 7) is 6.12. The standard InChI is InChI=1S/C19H23N3O2/c1-14-11-16(24-20-14)13-21-7-9-22(10-8-21)19(23)18-12-17(18)15-5-3-2-4-6-15/h2-6,11,17-18H,7-10,12-13H2,1H3/t17-,18+/m0/s1. The zero-order valence-corrected chi connectivity index (χ0v) is 14.0. The summed E-state index contributed by atoms with van der Waals surface area (Å²) in [7, 11) is 0. The van der Waals surface area contributed by atoms with E-state index >= 15 is 0 Å². The third-order valence-electron chi connectivity index (χ3n) is 5.08. The highest BCUT2D eigenvalue weighted by atomic mass is 16.5. The van der Waals surface area contributed by atoms with E-state index in [-0.39, 0.29) is 5.92 Å². The molecular weight excluding hydrogens is 302 g/mol. The van der Waals surface area contributed by atoms with E-state index < -0.39 is 0 Å². The van der Waals surface area contributed by atoms with Gasteiger partial charge in [0.25, 0.3) is 0 Å². The molecule has 2 atom stereocenters. The van der Waals surface area contributed by atoms with Crippen LogP contribution in [0.4, 0.5) is 0 Å². The molecule has 0 bridgehead atoms. The van der Waals surface area contributed by atoms with Gasteiger partial charge in [-0.05, 0) is 24.8 Å². The van der Waals surface area contributed by atoms with Gasteiger partial charge in [-0.15, -0.1) is 0 Å². The fraction of sp³-hybridized carbons (Fsp3) is 0.474. The molecule has 2 fully saturated rings. The maximum absolute atomic E-state index is 12.7. The largest absolute Gasteiger partial charge is 0.360 e. The van der Waals surface area contributed by atoms with Crippen LogP contribution < -0.4 is 0 Å². The predicted molar refractivity (Wildman–Crippen MR) is 90.4 cm³/mol. The van der Waals surface area contributed by atoms with Gasteiger partial charge in [0.05, 0.1) is 12.2 Å². The van der Waals surface area contributed by atoms with Gasteiger partial charge in [0.15, 0.2) is 5.76 Å². The second kappa shape index (κ2) is 6.40. The minimum Gasteiger partial charge on any atom is -0.360 e. The Morgan fingerprint density at radius 3 is 2.62 bits per heavy atom. The number of carbonyl (C=O) groups is 1. The van der Waals surface area contributed by atoms with E-state index in [1.54, 1.807) is 0 Å². The minimum atomic E-state index is 0.191. The van der Waals surface area contributed by atoms with E-state index in [0.717, 1.165) is 50.6 Å². The van der Waals surface area contributed by atoms with Crippen molar-refractivity contribution in [3.05, 3.63) is 53.4 Å². The molecule has 2 heterocycles. The summed E-state index contributed by atoms with van der Waals surface area (Å²) < 4.78 is 5.28. The molecule has 126 valence electrons. The van der Waals surface area contributed by atoms with Crippen LogP contribution in [0.2, 0.25) is 0 Å². The second-order valence-electron chi connectivity index (χ2n) is 6.90. The third kappa shape index (κ3) is 3.22. The zero-order valence-electron chi connectivity index (χ0n) is 14.0. The summed E-state index contributed by atoms with van der Waals surface area (Å²) in [6, 6.07) is 12.4. The monoisotopic (exact) mass is 325 g/mol. The molecule has 0 unspecified atom stereocenters. The average Bonchev–Trinajstić information content (AvgIpc) is 3.32. The van der Waals surface area contributed by atoms with Gasteiger partial charge in [-0.3, -0.25) is 9.69 Å². The van der Waals surface area contributed by atoms with Crippen molar-refractivity contribution in [1.82, 2.24) is 15.0 Å². The van der Waals surface area contributed by atoms with Gasteiger partial charge in [0.1, 0.15) is 0 Å². The molecule has 1 saturated heterocycles. The van der Waals surface area contributed by atoms with Crippen LogP contribution in [0.5, 0.6) is 0 Å². The predicted octanol–water partition coefficient (Wildman–Crippen LogP) is 2.43. The van der Waals surface area contributed by atoms with Crippen molar-refractivity contribution in [3.8, 4) is 0 Å². The molecule has 0 N–H and O–H groups in total. The number of aromatic nitrogens is 1. The molecule has 4 rings (SSSR count). The number of hydrogen-bond donors (Lipinski definition) is 0. The van der Waals surface area contributed by atoms with Crippen LogP contribution in [-0.2, 0) is 11.3 Å². The maximum Gasteiger partial charge on any atom is 0.226 e. The Morgan fingerprint density at radius 2 is 1.96 bits per heavy atom. The molecule has 2 aromatic rings. The van der Waals surface area contributed by atoms with Crippen molar-refractivity contribution in [1.29, 1.82) is 0 Å². The first-order chi connectivity index (χ1) is 11.7. The molecule has 0 spiro atoms. The number of piperazine rings is 1. The molecule has 24 heavy (non-hydrogen) atoms. The summed E-state index contributed by atoms with van der Waals surface area (Å²) >= 11 is 0. The lowest BCUT2D eigenvalue weighted by Gasteiger charge is -2.34. The molecule has 1 aliphatic carbocycles. The van der Waals surface area contributed by atoms with Gasteiger partial charge in [-0.2, -0.15) is 0 Å². The first-order valence-corrected chi connectivity index (χ1v) is 8.69. The summed E-state index contributed by atoms with van der Waals surface area (Å²) in [6.07, 6.45) is 1.00. The van der Waals surface area contributed by atoms with Crippen molar-refractivity contribution in [2.24, 2.45) is 5.92 Å². The van der Waals surface area contributed by atoms with Gasteiger partial charge < -0.3 is 9.42 Å². The lowest BCUT2D eigenvalue weighted by atomic mass is 10.1.